The molecule has 1 aliphatic rings. The normalized spacial score (nSPS) is 15.4. The minimum Gasteiger partial charge on any atom is -0.465 e. The number of methoxy groups -OCH3 is 1. The molecular formula is C19H21N3O4S. The summed E-state index contributed by atoms with van der Waals surface area (Å²) in [6.07, 6.45) is -0.0598. The fraction of sp³-hybridized carbons (Fsp3) is 0.316. The van der Waals surface area contributed by atoms with E-state index in [1.807, 2.05) is 32.9 Å². The highest BCUT2D eigenvalue weighted by Crippen LogP contribution is 2.31. The van der Waals surface area contributed by atoms with Crippen molar-refractivity contribution >= 4 is 45.5 Å². The number of aryl methyl sites for hydroxylation is 3. The maximum Gasteiger partial charge on any atom is 0.340 e. The lowest BCUT2D eigenvalue weighted by Gasteiger charge is -2.27. The third-order valence-electron chi connectivity index (χ3n) is 4.44. The summed E-state index contributed by atoms with van der Waals surface area (Å²) in [5.41, 5.74) is 3.98. The summed E-state index contributed by atoms with van der Waals surface area (Å²) in [5.74, 6) is -1.14. The van der Waals surface area contributed by atoms with E-state index < -0.39 is 12.0 Å². The Morgan fingerprint density at radius 1 is 1.15 bits per heavy atom. The standard InChI is InChI=1S/C19H21N3O4S/c1-9-5-13-14(6-10(9)2)21-17(24)15(20-13)8-16(23)22-18-12(19(25)26-4)7-11(3)27-18/h5-7,15,20H,8H2,1-4H3,(H,21,24)(H,22,23)/t15-/m1/s1. The van der Waals surface area contributed by atoms with Gasteiger partial charge in [-0.1, -0.05) is 0 Å². The average Bonchev–Trinajstić information content (AvgIpc) is 2.97. The van der Waals surface area contributed by atoms with Gasteiger partial charge >= 0.3 is 5.97 Å². The van der Waals surface area contributed by atoms with E-state index >= 15 is 0 Å². The van der Waals surface area contributed by atoms with E-state index in [2.05, 4.69) is 16.0 Å². The van der Waals surface area contributed by atoms with Crippen molar-refractivity contribution in [1.82, 2.24) is 0 Å². The number of amides is 2. The van der Waals surface area contributed by atoms with Gasteiger partial charge in [0.15, 0.2) is 0 Å². The molecule has 1 aromatic carbocycles. The molecule has 1 aromatic heterocycles. The third-order valence-corrected chi connectivity index (χ3v) is 5.41. The van der Waals surface area contributed by atoms with Gasteiger partial charge in [0.2, 0.25) is 11.8 Å². The van der Waals surface area contributed by atoms with Crippen LogP contribution in [0.1, 0.15) is 32.8 Å². The van der Waals surface area contributed by atoms with Crippen LogP contribution in [-0.2, 0) is 14.3 Å². The van der Waals surface area contributed by atoms with Crippen LogP contribution < -0.4 is 16.0 Å². The molecule has 0 unspecified atom stereocenters. The second-order valence-electron chi connectivity index (χ2n) is 6.51. The number of hydrogen-bond donors (Lipinski definition) is 3. The largest absolute Gasteiger partial charge is 0.465 e. The lowest BCUT2D eigenvalue weighted by molar-refractivity contribution is -0.122. The van der Waals surface area contributed by atoms with Crippen molar-refractivity contribution in [2.45, 2.75) is 33.2 Å². The fourth-order valence-electron chi connectivity index (χ4n) is 2.89. The van der Waals surface area contributed by atoms with Crippen molar-refractivity contribution in [2.24, 2.45) is 0 Å². The van der Waals surface area contributed by atoms with E-state index in [-0.39, 0.29) is 18.2 Å². The zero-order valence-electron chi connectivity index (χ0n) is 15.6. The molecule has 2 heterocycles. The number of rotatable bonds is 4. The van der Waals surface area contributed by atoms with Crippen LogP contribution in [0.4, 0.5) is 16.4 Å². The van der Waals surface area contributed by atoms with E-state index in [4.69, 9.17) is 4.74 Å². The Balaban J connectivity index is 1.72. The molecule has 1 atom stereocenters. The number of carbonyl (C=O) groups is 3. The molecule has 0 saturated heterocycles. The minimum absolute atomic E-state index is 0.0598. The van der Waals surface area contributed by atoms with Gasteiger partial charge in [-0.25, -0.2) is 4.79 Å². The summed E-state index contributed by atoms with van der Waals surface area (Å²) in [6, 6.07) is 4.83. The van der Waals surface area contributed by atoms with Crippen LogP contribution in [0.15, 0.2) is 18.2 Å². The smallest absolute Gasteiger partial charge is 0.340 e. The monoisotopic (exact) mass is 387 g/mol. The number of anilines is 3. The van der Waals surface area contributed by atoms with Crippen molar-refractivity contribution < 1.29 is 19.1 Å². The van der Waals surface area contributed by atoms with Crippen LogP contribution in [0.2, 0.25) is 0 Å². The van der Waals surface area contributed by atoms with Gasteiger partial charge < -0.3 is 20.7 Å². The predicted octanol–water partition coefficient (Wildman–Crippen LogP) is 3.22. The predicted molar refractivity (Wildman–Crippen MR) is 106 cm³/mol. The van der Waals surface area contributed by atoms with E-state index in [0.717, 1.165) is 21.7 Å². The Kier molecular flexibility index (Phi) is 5.18. The molecule has 27 heavy (non-hydrogen) atoms. The van der Waals surface area contributed by atoms with E-state index in [1.165, 1.54) is 18.4 Å². The molecule has 2 aromatic rings. The van der Waals surface area contributed by atoms with Crippen molar-refractivity contribution in [3.05, 3.63) is 39.8 Å². The van der Waals surface area contributed by atoms with Gasteiger partial charge in [0.1, 0.15) is 11.0 Å². The molecule has 142 valence electrons. The van der Waals surface area contributed by atoms with Gasteiger partial charge in [0.05, 0.1) is 30.5 Å². The number of esters is 1. The van der Waals surface area contributed by atoms with Crippen LogP contribution in [-0.4, -0.2) is 30.9 Å². The third kappa shape index (κ3) is 3.95. The summed E-state index contributed by atoms with van der Waals surface area (Å²) >= 11 is 1.29. The first-order valence-corrected chi connectivity index (χ1v) is 9.27. The van der Waals surface area contributed by atoms with E-state index in [0.29, 0.717) is 16.3 Å². The first-order chi connectivity index (χ1) is 12.8. The summed E-state index contributed by atoms with van der Waals surface area (Å²) < 4.78 is 4.74. The first-order valence-electron chi connectivity index (χ1n) is 8.45. The molecule has 1 aliphatic heterocycles. The SMILES string of the molecule is COC(=O)c1cc(C)sc1NC(=O)C[C@H]1Nc2cc(C)c(C)cc2NC1=O. The molecule has 3 rings (SSSR count). The fourth-order valence-corrected chi connectivity index (χ4v) is 3.80. The summed E-state index contributed by atoms with van der Waals surface area (Å²) in [6.45, 7) is 5.80. The zero-order valence-corrected chi connectivity index (χ0v) is 16.4. The van der Waals surface area contributed by atoms with Gasteiger partial charge in [0.25, 0.3) is 0 Å². The van der Waals surface area contributed by atoms with Gasteiger partial charge in [-0.15, -0.1) is 11.3 Å². The second kappa shape index (κ2) is 7.40. The number of benzene rings is 1. The van der Waals surface area contributed by atoms with E-state index in [9.17, 15) is 14.4 Å². The highest BCUT2D eigenvalue weighted by Gasteiger charge is 2.28. The Morgan fingerprint density at radius 3 is 2.48 bits per heavy atom. The summed E-state index contributed by atoms with van der Waals surface area (Å²) in [5, 5.41) is 9.10. The lowest BCUT2D eigenvalue weighted by atomic mass is 10.0. The Hall–Kier alpha value is -2.87. The molecule has 0 aliphatic carbocycles. The maximum atomic E-state index is 12.5. The topological polar surface area (TPSA) is 96.5 Å². The lowest BCUT2D eigenvalue weighted by Crippen LogP contribution is -2.41. The number of thiophene rings is 1. The Labute approximate surface area is 161 Å². The van der Waals surface area contributed by atoms with Crippen LogP contribution >= 0.6 is 11.3 Å². The van der Waals surface area contributed by atoms with Crippen LogP contribution in [0, 0.1) is 20.8 Å². The summed E-state index contributed by atoms with van der Waals surface area (Å²) in [7, 11) is 1.29. The van der Waals surface area contributed by atoms with Crippen LogP contribution in [0.5, 0.6) is 0 Å². The molecule has 0 saturated carbocycles. The molecule has 0 bridgehead atoms. The molecule has 3 N–H and O–H groups in total. The highest BCUT2D eigenvalue weighted by atomic mass is 32.1. The molecule has 8 heteroatoms. The number of nitrogens with one attached hydrogen (secondary N) is 3. The quantitative estimate of drug-likeness (QED) is 0.700. The van der Waals surface area contributed by atoms with Gasteiger partial charge in [-0.3, -0.25) is 9.59 Å². The van der Waals surface area contributed by atoms with Gasteiger partial charge in [-0.2, -0.15) is 0 Å². The molecule has 0 fully saturated rings. The molecule has 7 nitrogen and oxygen atoms in total. The minimum atomic E-state index is -0.692. The highest BCUT2D eigenvalue weighted by molar-refractivity contribution is 7.16. The maximum absolute atomic E-state index is 12.5. The molecular weight excluding hydrogens is 366 g/mol. The average molecular weight is 387 g/mol. The van der Waals surface area contributed by atoms with E-state index in [1.54, 1.807) is 6.07 Å². The van der Waals surface area contributed by atoms with Crippen molar-refractivity contribution in [2.75, 3.05) is 23.1 Å². The number of fused-ring (bicyclic) bond motifs is 1. The van der Waals surface area contributed by atoms with Gasteiger partial charge in [0, 0.05) is 4.88 Å². The number of carbonyl (C=O) groups excluding carboxylic acids is 3. The molecule has 2 amide bonds. The van der Waals surface area contributed by atoms with Crippen molar-refractivity contribution in [3.8, 4) is 0 Å². The molecule has 0 radical (unpaired) electrons. The zero-order chi connectivity index (χ0) is 19.7. The van der Waals surface area contributed by atoms with Crippen LogP contribution in [0.3, 0.4) is 0 Å². The van der Waals surface area contributed by atoms with Crippen molar-refractivity contribution in [3.63, 3.8) is 0 Å². The number of ether oxygens (including phenoxy) is 1. The molecule has 0 spiro atoms. The van der Waals surface area contributed by atoms with Crippen molar-refractivity contribution in [1.29, 1.82) is 0 Å². The summed E-state index contributed by atoms with van der Waals surface area (Å²) in [4.78, 5) is 37.5. The van der Waals surface area contributed by atoms with Gasteiger partial charge in [-0.05, 0) is 50.1 Å². The number of hydrogen-bond acceptors (Lipinski definition) is 6. The first kappa shape index (κ1) is 18.9. The van der Waals surface area contributed by atoms with Crippen LogP contribution in [0.25, 0.3) is 0 Å². The second-order valence-corrected chi connectivity index (χ2v) is 7.77. The Morgan fingerprint density at radius 2 is 1.81 bits per heavy atom. The Bertz CT molecular complexity index is 935.